The summed E-state index contributed by atoms with van der Waals surface area (Å²) >= 11 is 6.05. The van der Waals surface area contributed by atoms with Gasteiger partial charge in [0.2, 0.25) is 5.91 Å². The number of amides is 2. The number of carbonyl (C=O) groups is 2. The fraction of sp³-hybridized carbons (Fsp3) is 0.500. The molecule has 0 radical (unpaired) electrons. The molecule has 23 heavy (non-hydrogen) atoms. The van der Waals surface area contributed by atoms with Crippen LogP contribution in [0.1, 0.15) is 44.0 Å². The van der Waals surface area contributed by atoms with Gasteiger partial charge in [0.1, 0.15) is 0 Å². The second-order valence-corrected chi connectivity index (χ2v) is 6.79. The summed E-state index contributed by atoms with van der Waals surface area (Å²) in [5.74, 6) is -0.366. The molecule has 0 spiro atoms. The third kappa shape index (κ3) is 8.21. The Bertz CT molecular complexity index is 543. The highest BCUT2D eigenvalue weighted by Crippen LogP contribution is 2.23. The third-order valence-corrected chi connectivity index (χ3v) is 3.18. The van der Waals surface area contributed by atoms with E-state index in [1.54, 1.807) is 18.2 Å². The minimum Gasteiger partial charge on any atom is -0.352 e. The van der Waals surface area contributed by atoms with Crippen LogP contribution >= 0.6 is 24.0 Å². The van der Waals surface area contributed by atoms with Crippen LogP contribution in [0.3, 0.4) is 0 Å². The average molecular weight is 362 g/mol. The summed E-state index contributed by atoms with van der Waals surface area (Å²) in [5, 5.41) is 5.88. The quantitative estimate of drug-likeness (QED) is 0.680. The van der Waals surface area contributed by atoms with Crippen molar-refractivity contribution in [2.75, 3.05) is 18.4 Å². The van der Waals surface area contributed by atoms with Crippen molar-refractivity contribution in [1.29, 1.82) is 0 Å². The molecule has 0 saturated carbocycles. The van der Waals surface area contributed by atoms with Crippen LogP contribution in [0.2, 0.25) is 5.02 Å². The van der Waals surface area contributed by atoms with Gasteiger partial charge in [0.25, 0.3) is 5.91 Å². The van der Waals surface area contributed by atoms with Gasteiger partial charge in [-0.15, -0.1) is 12.4 Å². The zero-order valence-corrected chi connectivity index (χ0v) is 15.3. The molecule has 0 heterocycles. The Hall–Kier alpha value is -1.30. The minimum atomic E-state index is -0.273. The zero-order chi connectivity index (χ0) is 16.8. The van der Waals surface area contributed by atoms with Crippen LogP contribution in [-0.4, -0.2) is 24.9 Å². The Balaban J connectivity index is 0.00000484. The summed E-state index contributed by atoms with van der Waals surface area (Å²) < 4.78 is 0. The van der Waals surface area contributed by atoms with E-state index in [1.807, 2.05) is 20.8 Å². The predicted molar refractivity (Wildman–Crippen MR) is 97.4 cm³/mol. The molecule has 0 aliphatic carbocycles. The lowest BCUT2D eigenvalue weighted by atomic mass is 9.92. The number of carbonyl (C=O) groups excluding carboxylic acids is 2. The van der Waals surface area contributed by atoms with Gasteiger partial charge < -0.3 is 16.4 Å². The minimum absolute atomic E-state index is 0. The van der Waals surface area contributed by atoms with Crippen molar-refractivity contribution in [3.8, 4) is 0 Å². The number of benzene rings is 1. The molecule has 1 rings (SSSR count). The fourth-order valence-corrected chi connectivity index (χ4v) is 2.07. The van der Waals surface area contributed by atoms with Crippen molar-refractivity contribution >= 4 is 41.5 Å². The molecular formula is C16H25Cl2N3O2. The highest BCUT2D eigenvalue weighted by atomic mass is 35.5. The molecule has 0 fully saturated rings. The highest BCUT2D eigenvalue weighted by Gasteiger charge is 2.17. The van der Waals surface area contributed by atoms with E-state index in [2.05, 4.69) is 10.6 Å². The predicted octanol–water partition coefficient (Wildman–Crippen LogP) is 3.22. The lowest BCUT2D eigenvalue weighted by Gasteiger charge is -2.17. The van der Waals surface area contributed by atoms with E-state index >= 15 is 0 Å². The monoisotopic (exact) mass is 361 g/mol. The fourth-order valence-electron chi connectivity index (χ4n) is 1.86. The second-order valence-electron chi connectivity index (χ2n) is 6.38. The largest absolute Gasteiger partial charge is 0.352 e. The SMILES string of the molecule is CC(C)(C)CC(=O)Nc1ccc(Cl)c(C(=O)NCCCN)c1.Cl. The zero-order valence-electron chi connectivity index (χ0n) is 13.7. The molecule has 2 amide bonds. The number of halogens is 2. The van der Waals surface area contributed by atoms with E-state index in [9.17, 15) is 9.59 Å². The molecule has 0 bridgehead atoms. The van der Waals surface area contributed by atoms with Gasteiger partial charge in [0.15, 0.2) is 0 Å². The molecule has 7 heteroatoms. The van der Waals surface area contributed by atoms with Gasteiger partial charge in [-0.1, -0.05) is 32.4 Å². The van der Waals surface area contributed by atoms with Crippen LogP contribution in [0, 0.1) is 5.41 Å². The molecule has 130 valence electrons. The van der Waals surface area contributed by atoms with E-state index < -0.39 is 0 Å². The maximum absolute atomic E-state index is 12.1. The first-order valence-corrected chi connectivity index (χ1v) is 7.68. The number of anilines is 1. The molecule has 0 saturated heterocycles. The summed E-state index contributed by atoms with van der Waals surface area (Å²) in [4.78, 5) is 24.0. The lowest BCUT2D eigenvalue weighted by molar-refractivity contribution is -0.117. The van der Waals surface area contributed by atoms with Crippen molar-refractivity contribution in [3.05, 3.63) is 28.8 Å². The molecular weight excluding hydrogens is 337 g/mol. The van der Waals surface area contributed by atoms with Gasteiger partial charge in [-0.3, -0.25) is 9.59 Å². The summed E-state index contributed by atoms with van der Waals surface area (Å²) in [6, 6.07) is 4.87. The number of nitrogens with one attached hydrogen (secondary N) is 2. The van der Waals surface area contributed by atoms with Crippen molar-refractivity contribution in [2.24, 2.45) is 11.1 Å². The van der Waals surface area contributed by atoms with Crippen molar-refractivity contribution < 1.29 is 9.59 Å². The summed E-state index contributed by atoms with van der Waals surface area (Å²) in [7, 11) is 0. The Morgan fingerprint density at radius 1 is 1.26 bits per heavy atom. The van der Waals surface area contributed by atoms with Crippen molar-refractivity contribution in [1.82, 2.24) is 5.32 Å². The Kier molecular flexibility index (Phi) is 9.20. The Morgan fingerprint density at radius 2 is 1.91 bits per heavy atom. The van der Waals surface area contributed by atoms with E-state index in [0.29, 0.717) is 42.2 Å². The standard InChI is InChI=1S/C16H24ClN3O2.ClH/c1-16(2,3)10-14(21)20-11-5-6-13(17)12(9-11)15(22)19-8-4-7-18;/h5-6,9H,4,7-8,10,18H2,1-3H3,(H,19,22)(H,20,21);1H. The molecule has 1 aromatic carbocycles. The van der Waals surface area contributed by atoms with Crippen LogP contribution in [0.15, 0.2) is 18.2 Å². The summed E-state index contributed by atoms with van der Waals surface area (Å²) in [6.45, 7) is 6.98. The molecule has 5 nitrogen and oxygen atoms in total. The van der Waals surface area contributed by atoms with Crippen molar-refractivity contribution in [2.45, 2.75) is 33.6 Å². The molecule has 0 atom stereocenters. The van der Waals surface area contributed by atoms with Gasteiger partial charge in [0.05, 0.1) is 10.6 Å². The Labute approximate surface area is 148 Å². The van der Waals surface area contributed by atoms with Crippen molar-refractivity contribution in [3.63, 3.8) is 0 Å². The lowest BCUT2D eigenvalue weighted by Crippen LogP contribution is -2.26. The first kappa shape index (κ1) is 21.7. The number of rotatable bonds is 6. The Morgan fingerprint density at radius 3 is 2.48 bits per heavy atom. The van der Waals surface area contributed by atoms with Gasteiger partial charge in [-0.25, -0.2) is 0 Å². The van der Waals surface area contributed by atoms with Crippen LogP contribution in [0.25, 0.3) is 0 Å². The van der Waals surface area contributed by atoms with E-state index in [1.165, 1.54) is 0 Å². The van der Waals surface area contributed by atoms with Crippen LogP contribution in [0.5, 0.6) is 0 Å². The van der Waals surface area contributed by atoms with Crippen LogP contribution in [0.4, 0.5) is 5.69 Å². The summed E-state index contributed by atoms with van der Waals surface area (Å²) in [5.41, 5.74) is 6.19. The normalized spacial score (nSPS) is 10.7. The summed E-state index contributed by atoms with van der Waals surface area (Å²) in [6.07, 6.45) is 1.10. The second kappa shape index (κ2) is 9.75. The van der Waals surface area contributed by atoms with Crippen LogP contribution < -0.4 is 16.4 Å². The van der Waals surface area contributed by atoms with Crippen LogP contribution in [-0.2, 0) is 4.79 Å². The molecule has 0 aliphatic rings. The third-order valence-electron chi connectivity index (χ3n) is 2.85. The highest BCUT2D eigenvalue weighted by molar-refractivity contribution is 6.34. The topological polar surface area (TPSA) is 84.2 Å². The average Bonchev–Trinajstić information content (AvgIpc) is 2.39. The molecule has 4 N–H and O–H groups in total. The number of hydrogen-bond donors (Lipinski definition) is 3. The molecule has 0 unspecified atom stereocenters. The maximum Gasteiger partial charge on any atom is 0.252 e. The first-order valence-electron chi connectivity index (χ1n) is 7.30. The smallest absolute Gasteiger partial charge is 0.252 e. The molecule has 0 aliphatic heterocycles. The van der Waals surface area contributed by atoms with Gasteiger partial charge in [0, 0.05) is 18.7 Å². The maximum atomic E-state index is 12.1. The first-order chi connectivity index (χ1) is 10.2. The number of nitrogens with two attached hydrogens (primary N) is 1. The van der Waals surface area contributed by atoms with E-state index in [-0.39, 0.29) is 29.6 Å². The van der Waals surface area contributed by atoms with E-state index in [4.69, 9.17) is 17.3 Å². The van der Waals surface area contributed by atoms with E-state index in [0.717, 1.165) is 0 Å². The number of hydrogen-bond acceptors (Lipinski definition) is 3. The van der Waals surface area contributed by atoms with Gasteiger partial charge in [-0.05, 0) is 36.6 Å². The van der Waals surface area contributed by atoms with Gasteiger partial charge >= 0.3 is 0 Å². The van der Waals surface area contributed by atoms with Gasteiger partial charge in [-0.2, -0.15) is 0 Å². The molecule has 0 aromatic heterocycles. The molecule has 1 aromatic rings.